The summed E-state index contributed by atoms with van der Waals surface area (Å²) in [7, 11) is 0. The predicted octanol–water partition coefficient (Wildman–Crippen LogP) is 0.863. The van der Waals surface area contributed by atoms with Gasteiger partial charge in [0.1, 0.15) is 0 Å². The number of carbonyl (C=O) groups excluding carboxylic acids is 1. The second kappa shape index (κ2) is 3.82. The van der Waals surface area contributed by atoms with Crippen molar-refractivity contribution >= 4 is 11.6 Å². The zero-order chi connectivity index (χ0) is 8.97. The molecule has 3 nitrogen and oxygen atoms in total. The van der Waals surface area contributed by atoms with Crippen LogP contribution >= 0.6 is 0 Å². The van der Waals surface area contributed by atoms with Gasteiger partial charge >= 0.3 is 0 Å². The highest BCUT2D eigenvalue weighted by molar-refractivity contribution is 5.92. The van der Waals surface area contributed by atoms with Crippen molar-refractivity contribution in [3.63, 3.8) is 0 Å². The van der Waals surface area contributed by atoms with Gasteiger partial charge in [0.05, 0.1) is 5.69 Å². The molecule has 64 valence electrons. The van der Waals surface area contributed by atoms with E-state index in [1.54, 1.807) is 30.3 Å². The third kappa shape index (κ3) is 1.79. The number of halogens is 1. The number of hydrogen-bond donors (Lipinski definition) is 1. The number of alkyl halides is 1. The summed E-state index contributed by atoms with van der Waals surface area (Å²) < 4.78 is 11.9. The van der Waals surface area contributed by atoms with Gasteiger partial charge in [0, 0.05) is 0 Å². The first-order valence-corrected chi connectivity index (χ1v) is 3.44. The molecule has 0 unspecified atom stereocenters. The Bertz CT molecular complexity index is 263. The van der Waals surface area contributed by atoms with Crippen molar-refractivity contribution < 1.29 is 9.18 Å². The van der Waals surface area contributed by atoms with E-state index in [0.29, 0.717) is 5.69 Å². The van der Waals surface area contributed by atoms with E-state index < -0.39 is 12.6 Å². The van der Waals surface area contributed by atoms with Crippen LogP contribution in [0.1, 0.15) is 0 Å². The third-order valence-electron chi connectivity index (χ3n) is 1.42. The van der Waals surface area contributed by atoms with Crippen LogP contribution < -0.4 is 10.9 Å². The Labute approximate surface area is 69.6 Å². The summed E-state index contributed by atoms with van der Waals surface area (Å²) in [4.78, 5) is 10.7. The first-order valence-electron chi connectivity index (χ1n) is 3.44. The van der Waals surface area contributed by atoms with Crippen LogP contribution in [0.25, 0.3) is 0 Å². The smallest absolute Gasteiger partial charge is 0.270 e. The van der Waals surface area contributed by atoms with Gasteiger partial charge in [0.2, 0.25) is 0 Å². The van der Waals surface area contributed by atoms with Gasteiger partial charge < -0.3 is 0 Å². The van der Waals surface area contributed by atoms with Crippen molar-refractivity contribution in [2.45, 2.75) is 0 Å². The average Bonchev–Trinajstić information content (AvgIpc) is 2.17. The van der Waals surface area contributed by atoms with Crippen LogP contribution in [0.4, 0.5) is 10.1 Å². The van der Waals surface area contributed by atoms with Crippen LogP contribution in [0.15, 0.2) is 30.3 Å². The molecule has 1 aromatic carbocycles. The minimum absolute atomic E-state index is 0.486. The Morgan fingerprint density at radius 3 is 2.50 bits per heavy atom. The molecule has 0 heterocycles. The van der Waals surface area contributed by atoms with Crippen molar-refractivity contribution in [2.24, 2.45) is 5.84 Å². The number of nitrogens with two attached hydrogens (primary N) is 1. The Balaban J connectivity index is 2.78. The van der Waals surface area contributed by atoms with E-state index in [4.69, 9.17) is 5.84 Å². The zero-order valence-electron chi connectivity index (χ0n) is 6.40. The molecule has 1 aromatic rings. The normalized spacial score (nSPS) is 9.50. The van der Waals surface area contributed by atoms with Gasteiger partial charge in [-0.15, -0.1) is 0 Å². The van der Waals surface area contributed by atoms with Gasteiger partial charge in [-0.05, 0) is 12.1 Å². The molecule has 0 aliphatic carbocycles. The largest absolute Gasteiger partial charge is 0.272 e. The maximum atomic E-state index is 11.9. The molecule has 0 aliphatic rings. The van der Waals surface area contributed by atoms with Crippen LogP contribution in [0, 0.1) is 0 Å². The summed E-state index contributed by atoms with van der Waals surface area (Å²) >= 11 is 0. The number of carbonyl (C=O) groups is 1. The number of hydrazine groups is 1. The molecule has 0 saturated carbocycles. The average molecular weight is 168 g/mol. The molecule has 0 radical (unpaired) electrons. The molecule has 0 aliphatic heterocycles. The summed E-state index contributed by atoms with van der Waals surface area (Å²) in [6.45, 7) is -1.08. The lowest BCUT2D eigenvalue weighted by molar-refractivity contribution is -0.119. The molecule has 0 fully saturated rings. The van der Waals surface area contributed by atoms with E-state index >= 15 is 0 Å². The maximum Gasteiger partial charge on any atom is 0.272 e. The number of rotatable bonds is 2. The van der Waals surface area contributed by atoms with Gasteiger partial charge in [-0.2, -0.15) is 0 Å². The lowest BCUT2D eigenvalue weighted by atomic mass is 10.3. The number of hydrogen-bond acceptors (Lipinski definition) is 2. The van der Waals surface area contributed by atoms with E-state index in [2.05, 4.69) is 0 Å². The van der Waals surface area contributed by atoms with Crippen LogP contribution in [0.2, 0.25) is 0 Å². The van der Waals surface area contributed by atoms with E-state index in [1.807, 2.05) is 0 Å². The fourth-order valence-electron chi connectivity index (χ4n) is 0.797. The van der Waals surface area contributed by atoms with Crippen LogP contribution in [-0.4, -0.2) is 12.6 Å². The highest BCUT2D eigenvalue weighted by atomic mass is 19.1. The summed E-state index contributed by atoms with van der Waals surface area (Å²) in [5.41, 5.74) is 0.486. The second-order valence-electron chi connectivity index (χ2n) is 2.23. The summed E-state index contributed by atoms with van der Waals surface area (Å²) in [6, 6.07) is 8.50. The van der Waals surface area contributed by atoms with Gasteiger partial charge in [0.15, 0.2) is 6.67 Å². The molecule has 1 rings (SSSR count). The first-order chi connectivity index (χ1) is 5.75. The first kappa shape index (κ1) is 8.67. The molecule has 0 atom stereocenters. The minimum atomic E-state index is -1.08. The molecule has 0 bridgehead atoms. The van der Waals surface area contributed by atoms with Crippen LogP contribution in [0.5, 0.6) is 0 Å². The van der Waals surface area contributed by atoms with Crippen LogP contribution in [0.3, 0.4) is 0 Å². The van der Waals surface area contributed by atoms with Crippen molar-refractivity contribution in [3.8, 4) is 0 Å². The topological polar surface area (TPSA) is 46.3 Å². The summed E-state index contributed by atoms with van der Waals surface area (Å²) in [6.07, 6.45) is 0. The lowest BCUT2D eigenvalue weighted by Crippen LogP contribution is -2.38. The zero-order valence-corrected chi connectivity index (χ0v) is 6.40. The number of nitrogens with zero attached hydrogens (tertiary/aromatic N) is 1. The number of anilines is 1. The molecule has 4 heteroatoms. The second-order valence-corrected chi connectivity index (χ2v) is 2.23. The van der Waals surface area contributed by atoms with Crippen molar-refractivity contribution in [1.82, 2.24) is 0 Å². The summed E-state index contributed by atoms with van der Waals surface area (Å²) in [5.74, 6) is 4.54. The van der Waals surface area contributed by atoms with Crippen LogP contribution in [-0.2, 0) is 4.79 Å². The highest BCUT2D eigenvalue weighted by Gasteiger charge is 2.09. The van der Waals surface area contributed by atoms with Crippen molar-refractivity contribution in [2.75, 3.05) is 11.7 Å². The molecular formula is C8H9FN2O. The standard InChI is InChI=1S/C8H9FN2O/c9-6-8(12)11(10)7-4-2-1-3-5-7/h1-5H,6,10H2. The molecular weight excluding hydrogens is 159 g/mol. The SMILES string of the molecule is NN(C(=O)CF)c1ccccc1. The Hall–Kier alpha value is -1.42. The fourth-order valence-corrected chi connectivity index (χ4v) is 0.797. The van der Waals surface area contributed by atoms with Gasteiger partial charge in [0.25, 0.3) is 5.91 Å². The number of para-hydroxylation sites is 1. The van der Waals surface area contributed by atoms with Crippen molar-refractivity contribution in [3.05, 3.63) is 30.3 Å². The van der Waals surface area contributed by atoms with Gasteiger partial charge in [-0.1, -0.05) is 18.2 Å². The van der Waals surface area contributed by atoms with E-state index in [-0.39, 0.29) is 0 Å². The maximum absolute atomic E-state index is 11.9. The molecule has 1 amide bonds. The van der Waals surface area contributed by atoms with Gasteiger partial charge in [-0.3, -0.25) is 4.79 Å². The minimum Gasteiger partial charge on any atom is -0.270 e. The monoisotopic (exact) mass is 168 g/mol. The van der Waals surface area contributed by atoms with Gasteiger partial charge in [-0.25, -0.2) is 15.2 Å². The molecule has 0 spiro atoms. The summed E-state index contributed by atoms with van der Waals surface area (Å²) in [5, 5.41) is 0.792. The number of benzene rings is 1. The molecule has 12 heavy (non-hydrogen) atoms. The van der Waals surface area contributed by atoms with E-state index in [1.165, 1.54) is 0 Å². The Morgan fingerprint density at radius 2 is 2.00 bits per heavy atom. The number of amides is 1. The highest BCUT2D eigenvalue weighted by Crippen LogP contribution is 2.08. The fraction of sp³-hybridized carbons (Fsp3) is 0.125. The third-order valence-corrected chi connectivity index (χ3v) is 1.42. The molecule has 0 saturated heterocycles. The molecule has 2 N–H and O–H groups in total. The predicted molar refractivity (Wildman–Crippen MR) is 44.1 cm³/mol. The Kier molecular flexibility index (Phi) is 2.76. The quantitative estimate of drug-likeness (QED) is 0.404. The van der Waals surface area contributed by atoms with E-state index in [9.17, 15) is 9.18 Å². The van der Waals surface area contributed by atoms with Crippen molar-refractivity contribution in [1.29, 1.82) is 0 Å². The Morgan fingerprint density at radius 1 is 1.42 bits per heavy atom. The van der Waals surface area contributed by atoms with E-state index in [0.717, 1.165) is 5.01 Å². The lowest BCUT2D eigenvalue weighted by Gasteiger charge is -2.13. The molecule has 0 aromatic heterocycles.